The Balaban J connectivity index is 1.69. The van der Waals surface area contributed by atoms with Crippen LogP contribution in [0.5, 0.6) is 0 Å². The number of halogens is 2. The molecule has 0 fully saturated rings. The molecular formula is C25H21Br2N3O3S. The molecule has 0 saturated heterocycles. The SMILES string of the molecule is CCOC(=O)CCN(C(=O)c1sc2nc(-c3ccc(Br)cc3)ccc2c1N)c1ccc(Br)cc1. The van der Waals surface area contributed by atoms with Crippen molar-refractivity contribution in [1.82, 2.24) is 4.98 Å². The van der Waals surface area contributed by atoms with Crippen LogP contribution in [-0.2, 0) is 9.53 Å². The van der Waals surface area contributed by atoms with Gasteiger partial charge in [0.15, 0.2) is 0 Å². The Morgan fingerprint density at radius 2 is 1.65 bits per heavy atom. The van der Waals surface area contributed by atoms with Crippen molar-refractivity contribution < 1.29 is 14.3 Å². The number of esters is 1. The van der Waals surface area contributed by atoms with Gasteiger partial charge in [-0.1, -0.05) is 44.0 Å². The van der Waals surface area contributed by atoms with Gasteiger partial charge >= 0.3 is 5.97 Å². The Morgan fingerprint density at radius 3 is 2.29 bits per heavy atom. The minimum Gasteiger partial charge on any atom is -0.466 e. The van der Waals surface area contributed by atoms with Gasteiger partial charge in [-0.05, 0) is 55.5 Å². The largest absolute Gasteiger partial charge is 0.466 e. The van der Waals surface area contributed by atoms with E-state index >= 15 is 0 Å². The van der Waals surface area contributed by atoms with Gasteiger partial charge in [0, 0.05) is 32.1 Å². The third kappa shape index (κ3) is 5.32. The summed E-state index contributed by atoms with van der Waals surface area (Å²) in [6.07, 6.45) is 0.0758. The van der Waals surface area contributed by atoms with E-state index in [9.17, 15) is 9.59 Å². The molecule has 0 bridgehead atoms. The molecule has 0 aliphatic heterocycles. The van der Waals surface area contributed by atoms with Crippen LogP contribution in [-0.4, -0.2) is 30.0 Å². The molecule has 9 heteroatoms. The van der Waals surface area contributed by atoms with Crippen molar-refractivity contribution in [3.8, 4) is 11.3 Å². The summed E-state index contributed by atoms with van der Waals surface area (Å²) in [6, 6.07) is 19.0. The number of thiophene rings is 1. The van der Waals surface area contributed by atoms with E-state index in [0.717, 1.165) is 25.6 Å². The zero-order valence-electron chi connectivity index (χ0n) is 18.3. The van der Waals surface area contributed by atoms with Gasteiger partial charge in [-0.3, -0.25) is 9.59 Å². The van der Waals surface area contributed by atoms with Crippen molar-refractivity contribution in [2.75, 3.05) is 23.8 Å². The second-order valence-electron chi connectivity index (χ2n) is 7.39. The Morgan fingerprint density at radius 1 is 1.00 bits per heavy atom. The lowest BCUT2D eigenvalue weighted by Gasteiger charge is -2.22. The Labute approximate surface area is 218 Å². The maximum atomic E-state index is 13.6. The molecule has 2 heterocycles. The van der Waals surface area contributed by atoms with Gasteiger partial charge in [-0.15, -0.1) is 11.3 Å². The fourth-order valence-corrected chi connectivity index (χ4v) is 5.04. The zero-order chi connectivity index (χ0) is 24.2. The van der Waals surface area contributed by atoms with Gasteiger partial charge in [-0.2, -0.15) is 0 Å². The number of nitrogen functional groups attached to an aromatic ring is 1. The molecule has 2 aromatic heterocycles. The number of ether oxygens (including phenoxy) is 1. The molecule has 6 nitrogen and oxygen atoms in total. The van der Waals surface area contributed by atoms with Crippen molar-refractivity contribution >= 4 is 76.7 Å². The predicted molar refractivity (Wildman–Crippen MR) is 144 cm³/mol. The summed E-state index contributed by atoms with van der Waals surface area (Å²) in [5.74, 6) is -0.639. The zero-order valence-corrected chi connectivity index (χ0v) is 22.2. The quantitative estimate of drug-likeness (QED) is 0.239. The van der Waals surface area contributed by atoms with E-state index in [0.29, 0.717) is 27.7 Å². The van der Waals surface area contributed by atoms with Crippen molar-refractivity contribution in [2.45, 2.75) is 13.3 Å². The number of carbonyl (C=O) groups is 2. The highest BCUT2D eigenvalue weighted by atomic mass is 79.9. The highest BCUT2D eigenvalue weighted by molar-refractivity contribution is 9.10. The van der Waals surface area contributed by atoms with E-state index in [2.05, 4.69) is 31.9 Å². The number of benzene rings is 2. The smallest absolute Gasteiger partial charge is 0.307 e. The van der Waals surface area contributed by atoms with Crippen LogP contribution >= 0.6 is 43.2 Å². The first-order valence-electron chi connectivity index (χ1n) is 10.6. The average Bonchev–Trinajstić information content (AvgIpc) is 3.16. The van der Waals surface area contributed by atoms with Crippen LogP contribution in [0.4, 0.5) is 11.4 Å². The third-order valence-corrected chi connectivity index (χ3v) is 7.32. The van der Waals surface area contributed by atoms with Gasteiger partial charge in [0.25, 0.3) is 5.91 Å². The molecule has 174 valence electrons. The van der Waals surface area contributed by atoms with E-state index in [1.54, 1.807) is 11.8 Å². The molecule has 0 aliphatic carbocycles. The van der Waals surface area contributed by atoms with Crippen LogP contribution in [0.15, 0.2) is 69.6 Å². The number of nitrogens with zero attached hydrogens (tertiary/aromatic N) is 2. The van der Waals surface area contributed by atoms with E-state index in [1.165, 1.54) is 11.3 Å². The topological polar surface area (TPSA) is 85.5 Å². The molecule has 0 saturated carbocycles. The third-order valence-electron chi connectivity index (χ3n) is 5.16. The molecule has 1 amide bonds. The van der Waals surface area contributed by atoms with Crippen molar-refractivity contribution in [1.29, 1.82) is 0 Å². The number of hydrogen-bond donors (Lipinski definition) is 1. The summed E-state index contributed by atoms with van der Waals surface area (Å²) >= 11 is 8.12. The normalized spacial score (nSPS) is 10.9. The standard InChI is InChI=1S/C25H21Br2N3O3S/c1-2-33-21(31)13-14-30(18-9-7-17(27)8-10-18)25(32)23-22(28)19-11-12-20(29-24(19)34-23)15-3-5-16(26)6-4-15/h3-12H,2,13-14,28H2,1H3. The maximum absolute atomic E-state index is 13.6. The summed E-state index contributed by atoms with van der Waals surface area (Å²) in [6.45, 7) is 2.22. The second-order valence-corrected chi connectivity index (χ2v) is 10.2. The number of fused-ring (bicyclic) bond motifs is 1. The fourth-order valence-electron chi connectivity index (χ4n) is 3.47. The molecule has 34 heavy (non-hydrogen) atoms. The van der Waals surface area contributed by atoms with Crippen LogP contribution in [0.2, 0.25) is 0 Å². The van der Waals surface area contributed by atoms with Crippen molar-refractivity contribution in [2.24, 2.45) is 0 Å². The van der Waals surface area contributed by atoms with Gasteiger partial charge in [0.05, 0.1) is 24.4 Å². The Bertz CT molecular complexity index is 1340. The highest BCUT2D eigenvalue weighted by Crippen LogP contribution is 2.36. The van der Waals surface area contributed by atoms with Gasteiger partial charge in [-0.25, -0.2) is 4.98 Å². The summed E-state index contributed by atoms with van der Waals surface area (Å²) in [4.78, 5) is 33.0. The lowest BCUT2D eigenvalue weighted by atomic mass is 10.1. The average molecular weight is 603 g/mol. The molecule has 0 radical (unpaired) electrons. The van der Waals surface area contributed by atoms with E-state index < -0.39 is 0 Å². The number of aromatic nitrogens is 1. The molecule has 0 aliphatic rings. The molecule has 0 atom stereocenters. The number of rotatable bonds is 7. The molecule has 0 spiro atoms. The van der Waals surface area contributed by atoms with E-state index in [1.807, 2.05) is 60.7 Å². The number of carbonyl (C=O) groups excluding carboxylic acids is 2. The van der Waals surface area contributed by atoms with Crippen molar-refractivity contribution in [3.63, 3.8) is 0 Å². The first-order chi connectivity index (χ1) is 16.4. The molecule has 2 aromatic carbocycles. The maximum Gasteiger partial charge on any atom is 0.307 e. The highest BCUT2D eigenvalue weighted by Gasteiger charge is 2.25. The minimum atomic E-state index is -0.359. The Kier molecular flexibility index (Phi) is 7.65. The summed E-state index contributed by atoms with van der Waals surface area (Å²) in [7, 11) is 0. The summed E-state index contributed by atoms with van der Waals surface area (Å²) in [5, 5.41) is 0.732. The first-order valence-corrected chi connectivity index (χ1v) is 13.0. The minimum absolute atomic E-state index is 0.0758. The second kappa shape index (κ2) is 10.7. The van der Waals surface area contributed by atoms with Crippen LogP contribution in [0.1, 0.15) is 23.0 Å². The summed E-state index contributed by atoms with van der Waals surface area (Å²) in [5.41, 5.74) is 9.23. The molecule has 4 aromatic rings. The van der Waals surface area contributed by atoms with Gasteiger partial charge < -0.3 is 15.4 Å². The first kappa shape index (κ1) is 24.4. The molecule has 2 N–H and O–H groups in total. The van der Waals surface area contributed by atoms with Crippen LogP contribution in [0, 0.1) is 0 Å². The lowest BCUT2D eigenvalue weighted by Crippen LogP contribution is -2.33. The monoisotopic (exact) mass is 601 g/mol. The van der Waals surface area contributed by atoms with Crippen LogP contribution < -0.4 is 10.6 Å². The molecular weight excluding hydrogens is 582 g/mol. The number of hydrogen-bond acceptors (Lipinski definition) is 6. The van der Waals surface area contributed by atoms with Gasteiger partial charge in [0.2, 0.25) is 0 Å². The van der Waals surface area contributed by atoms with Crippen LogP contribution in [0.25, 0.3) is 21.5 Å². The summed E-state index contributed by atoms with van der Waals surface area (Å²) < 4.78 is 6.92. The van der Waals surface area contributed by atoms with E-state index in [-0.39, 0.29) is 24.8 Å². The number of pyridine rings is 1. The van der Waals surface area contributed by atoms with Crippen molar-refractivity contribution in [3.05, 3.63) is 74.5 Å². The molecule has 0 unspecified atom stereocenters. The fraction of sp³-hybridized carbons (Fsp3) is 0.160. The number of anilines is 2. The Hall–Kier alpha value is -2.75. The lowest BCUT2D eigenvalue weighted by molar-refractivity contribution is -0.142. The predicted octanol–water partition coefficient (Wildman–Crippen LogP) is 6.67. The number of nitrogens with two attached hydrogens (primary N) is 1. The number of amides is 1. The van der Waals surface area contributed by atoms with Crippen LogP contribution in [0.3, 0.4) is 0 Å². The molecule has 4 rings (SSSR count). The van der Waals surface area contributed by atoms with Gasteiger partial charge in [0.1, 0.15) is 9.71 Å². The van der Waals surface area contributed by atoms with E-state index in [4.69, 9.17) is 15.5 Å².